The third-order valence-corrected chi connectivity index (χ3v) is 2.50. The first-order valence-electron chi connectivity index (χ1n) is 5.70. The number of carbonyl (C=O) groups excluding carboxylic acids is 1. The molecule has 0 aliphatic rings. The number of nitro groups is 1. The summed E-state index contributed by atoms with van der Waals surface area (Å²) >= 11 is 0. The molecule has 1 aromatic rings. The molecule has 0 heterocycles. The van der Waals surface area contributed by atoms with Gasteiger partial charge in [-0.15, -0.1) is 0 Å². The summed E-state index contributed by atoms with van der Waals surface area (Å²) in [4.78, 5) is 23.9. The minimum atomic E-state index is -0.687. The first-order valence-corrected chi connectivity index (χ1v) is 5.70. The standard InChI is InChI=1S/C13H16N2O5/c1-14(2)6-5-9-7-12(19-3)10(13(16)20-4)8-11(9)15(17)18/h5-8H,1-4H3. The molecule has 0 aliphatic carbocycles. The number of esters is 1. The smallest absolute Gasteiger partial charge is 0.341 e. The Hall–Kier alpha value is -2.57. The van der Waals surface area contributed by atoms with Crippen molar-refractivity contribution in [1.82, 2.24) is 4.90 Å². The molecular weight excluding hydrogens is 264 g/mol. The Kier molecular flexibility index (Phi) is 5.08. The van der Waals surface area contributed by atoms with Crippen LogP contribution in [-0.2, 0) is 4.74 Å². The normalized spacial score (nSPS) is 10.4. The summed E-state index contributed by atoms with van der Waals surface area (Å²) < 4.78 is 9.66. The van der Waals surface area contributed by atoms with Gasteiger partial charge in [0.1, 0.15) is 11.3 Å². The van der Waals surface area contributed by atoms with Crippen molar-refractivity contribution < 1.29 is 19.2 Å². The van der Waals surface area contributed by atoms with Crippen LogP contribution in [-0.4, -0.2) is 44.1 Å². The van der Waals surface area contributed by atoms with Gasteiger partial charge in [0.2, 0.25) is 0 Å². The third-order valence-electron chi connectivity index (χ3n) is 2.50. The lowest BCUT2D eigenvalue weighted by molar-refractivity contribution is -0.385. The zero-order valence-corrected chi connectivity index (χ0v) is 11.7. The van der Waals surface area contributed by atoms with Crippen LogP contribution in [0, 0.1) is 10.1 Å². The summed E-state index contributed by atoms with van der Waals surface area (Å²) in [6.07, 6.45) is 3.24. The summed E-state index contributed by atoms with van der Waals surface area (Å²) in [5, 5.41) is 11.1. The van der Waals surface area contributed by atoms with Gasteiger partial charge in [0.05, 0.1) is 24.7 Å². The van der Waals surface area contributed by atoms with Crippen molar-refractivity contribution in [3.8, 4) is 5.75 Å². The van der Waals surface area contributed by atoms with Gasteiger partial charge in [-0.25, -0.2) is 4.79 Å². The second kappa shape index (κ2) is 6.55. The Labute approximate surface area is 116 Å². The zero-order chi connectivity index (χ0) is 15.3. The molecule has 0 fully saturated rings. The van der Waals surface area contributed by atoms with Gasteiger partial charge in [0.25, 0.3) is 5.69 Å². The van der Waals surface area contributed by atoms with E-state index < -0.39 is 10.9 Å². The maximum Gasteiger partial charge on any atom is 0.341 e. The molecule has 20 heavy (non-hydrogen) atoms. The largest absolute Gasteiger partial charge is 0.496 e. The molecular formula is C13H16N2O5. The maximum absolute atomic E-state index is 11.6. The number of nitro benzene ring substituents is 1. The Bertz CT molecular complexity index is 552. The van der Waals surface area contributed by atoms with E-state index in [0.717, 1.165) is 6.07 Å². The van der Waals surface area contributed by atoms with Gasteiger partial charge in [-0.2, -0.15) is 0 Å². The van der Waals surface area contributed by atoms with Crippen LogP contribution >= 0.6 is 0 Å². The highest BCUT2D eigenvalue weighted by Crippen LogP contribution is 2.30. The SMILES string of the molecule is COC(=O)c1cc([N+](=O)[O-])c(C=CN(C)C)cc1OC. The molecule has 7 heteroatoms. The monoisotopic (exact) mass is 280 g/mol. The van der Waals surface area contributed by atoms with E-state index in [2.05, 4.69) is 4.74 Å². The van der Waals surface area contributed by atoms with Crippen LogP contribution in [0.3, 0.4) is 0 Å². The molecule has 0 aliphatic heterocycles. The molecule has 0 bridgehead atoms. The van der Waals surface area contributed by atoms with E-state index in [9.17, 15) is 14.9 Å². The fourth-order valence-electron chi connectivity index (χ4n) is 1.54. The zero-order valence-electron chi connectivity index (χ0n) is 11.7. The molecule has 0 unspecified atom stereocenters. The molecule has 0 aromatic heterocycles. The molecule has 0 amide bonds. The maximum atomic E-state index is 11.6. The summed E-state index contributed by atoms with van der Waals surface area (Å²) in [7, 11) is 6.17. The topological polar surface area (TPSA) is 81.9 Å². The van der Waals surface area contributed by atoms with E-state index in [1.807, 2.05) is 0 Å². The third kappa shape index (κ3) is 3.47. The number of hydrogen-bond donors (Lipinski definition) is 0. The molecule has 0 saturated heterocycles. The van der Waals surface area contributed by atoms with E-state index in [4.69, 9.17) is 4.74 Å². The van der Waals surface area contributed by atoms with Crippen LogP contribution in [0.2, 0.25) is 0 Å². The average Bonchev–Trinajstić information content (AvgIpc) is 2.42. The van der Waals surface area contributed by atoms with Crippen LogP contribution in [0.5, 0.6) is 5.75 Å². The number of nitrogens with zero attached hydrogens (tertiary/aromatic N) is 2. The lowest BCUT2D eigenvalue weighted by atomic mass is 10.1. The van der Waals surface area contributed by atoms with Gasteiger partial charge in [0.15, 0.2) is 0 Å². The molecule has 7 nitrogen and oxygen atoms in total. The Morgan fingerprint density at radius 1 is 1.35 bits per heavy atom. The Morgan fingerprint density at radius 3 is 2.45 bits per heavy atom. The second-order valence-electron chi connectivity index (χ2n) is 4.14. The van der Waals surface area contributed by atoms with Crippen molar-refractivity contribution in [1.29, 1.82) is 0 Å². The van der Waals surface area contributed by atoms with E-state index in [1.165, 1.54) is 20.3 Å². The van der Waals surface area contributed by atoms with E-state index in [-0.39, 0.29) is 17.0 Å². The van der Waals surface area contributed by atoms with Crippen LogP contribution in [0.1, 0.15) is 15.9 Å². The highest BCUT2D eigenvalue weighted by molar-refractivity contribution is 5.94. The van der Waals surface area contributed by atoms with Crippen molar-refractivity contribution in [3.63, 3.8) is 0 Å². The summed E-state index contributed by atoms with van der Waals surface area (Å²) in [5.41, 5.74) is 0.168. The van der Waals surface area contributed by atoms with Crippen LogP contribution in [0.4, 0.5) is 5.69 Å². The van der Waals surface area contributed by atoms with Crippen molar-refractivity contribution in [3.05, 3.63) is 39.6 Å². The first-order chi connectivity index (χ1) is 9.40. The average molecular weight is 280 g/mol. The van der Waals surface area contributed by atoms with Gasteiger partial charge >= 0.3 is 5.97 Å². The molecule has 1 rings (SSSR count). The molecule has 0 radical (unpaired) electrons. The van der Waals surface area contributed by atoms with Gasteiger partial charge in [-0.05, 0) is 18.3 Å². The number of rotatable bonds is 5. The minimum Gasteiger partial charge on any atom is -0.496 e. The lowest BCUT2D eigenvalue weighted by Gasteiger charge is -2.09. The predicted molar refractivity (Wildman–Crippen MR) is 73.7 cm³/mol. The minimum absolute atomic E-state index is 0.0173. The van der Waals surface area contributed by atoms with Crippen LogP contribution in [0.25, 0.3) is 6.08 Å². The highest BCUT2D eigenvalue weighted by atomic mass is 16.6. The molecule has 0 saturated carbocycles. The van der Waals surface area contributed by atoms with Crippen molar-refractivity contribution in [2.24, 2.45) is 0 Å². The summed E-state index contributed by atoms with van der Waals surface area (Å²) in [6.45, 7) is 0. The predicted octanol–water partition coefficient (Wildman–Crippen LogP) is 1.92. The van der Waals surface area contributed by atoms with E-state index in [0.29, 0.717) is 5.56 Å². The number of methoxy groups -OCH3 is 2. The van der Waals surface area contributed by atoms with Gasteiger partial charge < -0.3 is 14.4 Å². The lowest BCUT2D eigenvalue weighted by Crippen LogP contribution is -2.06. The number of ether oxygens (including phenoxy) is 2. The van der Waals surface area contributed by atoms with Crippen LogP contribution < -0.4 is 4.74 Å². The first kappa shape index (κ1) is 15.5. The van der Waals surface area contributed by atoms with Gasteiger partial charge in [-0.1, -0.05) is 0 Å². The number of carbonyl (C=O) groups is 1. The molecule has 0 spiro atoms. The highest BCUT2D eigenvalue weighted by Gasteiger charge is 2.21. The van der Waals surface area contributed by atoms with Crippen molar-refractivity contribution in [2.45, 2.75) is 0 Å². The Morgan fingerprint density at radius 2 is 2.00 bits per heavy atom. The Balaban J connectivity index is 3.45. The molecule has 108 valence electrons. The summed E-state index contributed by atoms with van der Waals surface area (Å²) in [5.74, 6) is -0.464. The fraction of sp³-hybridized carbons (Fsp3) is 0.308. The number of hydrogen-bond acceptors (Lipinski definition) is 6. The molecule has 0 N–H and O–H groups in total. The van der Waals surface area contributed by atoms with Gasteiger partial charge in [0, 0.05) is 20.2 Å². The van der Waals surface area contributed by atoms with E-state index >= 15 is 0 Å². The summed E-state index contributed by atoms with van der Waals surface area (Å²) in [6, 6.07) is 2.59. The second-order valence-corrected chi connectivity index (χ2v) is 4.14. The van der Waals surface area contributed by atoms with Crippen molar-refractivity contribution in [2.75, 3.05) is 28.3 Å². The molecule has 0 atom stereocenters. The van der Waals surface area contributed by atoms with E-state index in [1.54, 1.807) is 31.3 Å². The fourth-order valence-corrected chi connectivity index (χ4v) is 1.54. The van der Waals surface area contributed by atoms with Crippen molar-refractivity contribution >= 4 is 17.7 Å². The quantitative estimate of drug-likeness (QED) is 0.465. The van der Waals surface area contributed by atoms with Crippen LogP contribution in [0.15, 0.2) is 18.3 Å². The molecule has 1 aromatic carbocycles. The number of benzene rings is 1. The van der Waals surface area contributed by atoms with Gasteiger partial charge in [-0.3, -0.25) is 10.1 Å².